The molecule has 112 valence electrons. The predicted octanol–water partition coefficient (Wildman–Crippen LogP) is 3.22. The minimum absolute atomic E-state index is 0.0522. The van der Waals surface area contributed by atoms with Crippen LogP contribution >= 0.6 is 0 Å². The van der Waals surface area contributed by atoms with Gasteiger partial charge in [-0.2, -0.15) is 0 Å². The van der Waals surface area contributed by atoms with Gasteiger partial charge in [0.2, 0.25) is 0 Å². The normalized spacial score (nSPS) is 19.3. The highest BCUT2D eigenvalue weighted by atomic mass is 16.3. The van der Waals surface area contributed by atoms with E-state index < -0.39 is 0 Å². The lowest BCUT2D eigenvalue weighted by atomic mass is 9.79. The molecule has 0 aliphatic heterocycles. The molecule has 3 N–H and O–H groups in total. The maximum Gasteiger partial charge on any atom is 0.106 e. The van der Waals surface area contributed by atoms with E-state index in [1.54, 1.807) is 0 Å². The number of nitrogens with two attached hydrogens (primary N) is 1. The molecule has 0 aromatic carbocycles. The van der Waals surface area contributed by atoms with E-state index in [0.717, 1.165) is 24.4 Å². The molecule has 1 aliphatic carbocycles. The second kappa shape index (κ2) is 5.62. The SMILES string of the molecule is Cc1oc(C)c(C(NN)C2CCCc3cccnc32)c1C. The summed E-state index contributed by atoms with van der Waals surface area (Å²) in [5.41, 5.74) is 7.95. The zero-order valence-electron chi connectivity index (χ0n) is 12.9. The third kappa shape index (κ3) is 2.39. The molecule has 0 spiro atoms. The molecule has 0 saturated carbocycles. The van der Waals surface area contributed by atoms with Crippen molar-refractivity contribution in [3.05, 3.63) is 52.2 Å². The number of nitrogens with one attached hydrogen (secondary N) is 1. The number of hydrogen-bond acceptors (Lipinski definition) is 4. The summed E-state index contributed by atoms with van der Waals surface area (Å²) >= 11 is 0. The zero-order chi connectivity index (χ0) is 15.0. The highest BCUT2D eigenvalue weighted by Crippen LogP contribution is 2.41. The van der Waals surface area contributed by atoms with Crippen LogP contribution in [-0.2, 0) is 6.42 Å². The van der Waals surface area contributed by atoms with Gasteiger partial charge in [-0.1, -0.05) is 6.07 Å². The van der Waals surface area contributed by atoms with Gasteiger partial charge in [-0.25, -0.2) is 0 Å². The van der Waals surface area contributed by atoms with Gasteiger partial charge < -0.3 is 4.42 Å². The van der Waals surface area contributed by atoms with Crippen molar-refractivity contribution in [1.29, 1.82) is 0 Å². The monoisotopic (exact) mass is 285 g/mol. The van der Waals surface area contributed by atoms with Crippen LogP contribution < -0.4 is 11.3 Å². The zero-order valence-corrected chi connectivity index (χ0v) is 12.9. The van der Waals surface area contributed by atoms with Crippen LogP contribution in [0.25, 0.3) is 0 Å². The summed E-state index contributed by atoms with van der Waals surface area (Å²) in [6.45, 7) is 6.13. The molecule has 2 unspecified atom stereocenters. The van der Waals surface area contributed by atoms with Crippen molar-refractivity contribution >= 4 is 0 Å². The van der Waals surface area contributed by atoms with Crippen molar-refractivity contribution in [2.45, 2.75) is 52.0 Å². The van der Waals surface area contributed by atoms with E-state index in [2.05, 4.69) is 23.4 Å². The first-order valence-electron chi connectivity index (χ1n) is 7.60. The summed E-state index contributed by atoms with van der Waals surface area (Å²) in [5, 5.41) is 0. The van der Waals surface area contributed by atoms with E-state index in [-0.39, 0.29) is 6.04 Å². The van der Waals surface area contributed by atoms with Gasteiger partial charge in [0.15, 0.2) is 0 Å². The number of furan rings is 1. The minimum Gasteiger partial charge on any atom is -0.466 e. The van der Waals surface area contributed by atoms with Crippen molar-refractivity contribution < 1.29 is 4.42 Å². The van der Waals surface area contributed by atoms with Gasteiger partial charge in [0.25, 0.3) is 0 Å². The molecule has 2 aromatic heterocycles. The number of aromatic nitrogens is 1. The van der Waals surface area contributed by atoms with Crippen molar-refractivity contribution in [2.75, 3.05) is 0 Å². The Balaban J connectivity index is 2.06. The van der Waals surface area contributed by atoms with Crippen LogP contribution in [0.5, 0.6) is 0 Å². The van der Waals surface area contributed by atoms with E-state index in [9.17, 15) is 0 Å². The first-order chi connectivity index (χ1) is 10.1. The number of rotatable bonds is 3. The number of aryl methyl sites for hydroxylation is 3. The standard InChI is InChI=1S/C17H23N3O/c1-10-11(2)21-12(3)15(10)17(20-18)14-8-4-6-13-7-5-9-19-16(13)14/h5,7,9,14,17,20H,4,6,8,18H2,1-3H3. The second-order valence-electron chi connectivity index (χ2n) is 5.94. The van der Waals surface area contributed by atoms with Crippen molar-refractivity contribution in [3.63, 3.8) is 0 Å². The Morgan fingerprint density at radius 2 is 2.14 bits per heavy atom. The fraction of sp³-hybridized carbons (Fsp3) is 0.471. The second-order valence-corrected chi connectivity index (χ2v) is 5.94. The first-order valence-corrected chi connectivity index (χ1v) is 7.60. The summed E-state index contributed by atoms with van der Waals surface area (Å²) in [6, 6.07) is 4.25. The largest absolute Gasteiger partial charge is 0.466 e. The van der Waals surface area contributed by atoms with Gasteiger partial charge >= 0.3 is 0 Å². The fourth-order valence-corrected chi connectivity index (χ4v) is 3.64. The average molecular weight is 285 g/mol. The third-order valence-electron chi connectivity index (χ3n) is 4.75. The van der Waals surface area contributed by atoms with Gasteiger partial charge in [-0.05, 0) is 57.2 Å². The number of hydrazine groups is 1. The molecule has 2 atom stereocenters. The summed E-state index contributed by atoms with van der Waals surface area (Å²) in [7, 11) is 0. The van der Waals surface area contributed by atoms with Gasteiger partial charge in [0, 0.05) is 23.4 Å². The molecular formula is C17H23N3O. The van der Waals surface area contributed by atoms with Crippen molar-refractivity contribution in [3.8, 4) is 0 Å². The molecular weight excluding hydrogens is 262 g/mol. The maximum atomic E-state index is 5.92. The Labute approximate surface area is 125 Å². The van der Waals surface area contributed by atoms with Gasteiger partial charge in [0.05, 0.1) is 6.04 Å². The molecule has 4 nitrogen and oxygen atoms in total. The number of nitrogens with zero attached hydrogens (tertiary/aromatic N) is 1. The highest BCUT2D eigenvalue weighted by Gasteiger charge is 2.32. The highest BCUT2D eigenvalue weighted by molar-refractivity contribution is 5.38. The van der Waals surface area contributed by atoms with Crippen LogP contribution in [0.4, 0.5) is 0 Å². The Bertz CT molecular complexity index is 647. The first kappa shape index (κ1) is 14.3. The lowest BCUT2D eigenvalue weighted by molar-refractivity contribution is 0.392. The van der Waals surface area contributed by atoms with E-state index >= 15 is 0 Å². The van der Waals surface area contributed by atoms with E-state index in [0.29, 0.717) is 5.92 Å². The van der Waals surface area contributed by atoms with Crippen LogP contribution in [-0.4, -0.2) is 4.98 Å². The predicted molar refractivity (Wildman–Crippen MR) is 82.9 cm³/mol. The molecule has 0 saturated heterocycles. The summed E-state index contributed by atoms with van der Waals surface area (Å²) in [5.74, 6) is 8.15. The smallest absolute Gasteiger partial charge is 0.106 e. The molecule has 1 aliphatic rings. The van der Waals surface area contributed by atoms with Gasteiger partial charge in [-0.3, -0.25) is 16.3 Å². The van der Waals surface area contributed by atoms with Gasteiger partial charge in [0.1, 0.15) is 11.5 Å². The molecule has 0 radical (unpaired) electrons. The summed E-state index contributed by atoms with van der Waals surface area (Å²) in [4.78, 5) is 4.64. The third-order valence-corrected chi connectivity index (χ3v) is 4.75. The Hall–Kier alpha value is -1.65. The maximum absolute atomic E-state index is 5.92. The molecule has 21 heavy (non-hydrogen) atoms. The molecule has 4 heteroatoms. The van der Waals surface area contributed by atoms with Gasteiger partial charge in [-0.15, -0.1) is 0 Å². The molecule has 0 bridgehead atoms. The van der Waals surface area contributed by atoms with E-state index in [1.165, 1.54) is 28.8 Å². The van der Waals surface area contributed by atoms with Crippen molar-refractivity contribution in [1.82, 2.24) is 10.4 Å². The quantitative estimate of drug-likeness (QED) is 0.671. The lowest BCUT2D eigenvalue weighted by Gasteiger charge is -2.31. The summed E-state index contributed by atoms with van der Waals surface area (Å²) in [6.07, 6.45) is 5.27. The summed E-state index contributed by atoms with van der Waals surface area (Å²) < 4.78 is 5.79. The van der Waals surface area contributed by atoms with E-state index in [4.69, 9.17) is 10.3 Å². The molecule has 2 heterocycles. The number of fused-ring (bicyclic) bond motifs is 1. The Morgan fingerprint density at radius 3 is 2.81 bits per heavy atom. The molecule has 2 aromatic rings. The average Bonchev–Trinajstić information content (AvgIpc) is 2.75. The van der Waals surface area contributed by atoms with Crippen LogP contribution in [0.1, 0.15) is 58.7 Å². The minimum atomic E-state index is 0.0522. The lowest BCUT2D eigenvalue weighted by Crippen LogP contribution is -2.35. The number of hydrogen-bond donors (Lipinski definition) is 2. The number of pyridine rings is 1. The topological polar surface area (TPSA) is 64.1 Å². The van der Waals surface area contributed by atoms with Crippen LogP contribution in [0, 0.1) is 20.8 Å². The molecule has 3 rings (SSSR count). The van der Waals surface area contributed by atoms with E-state index in [1.807, 2.05) is 26.1 Å². The molecule has 0 fully saturated rings. The van der Waals surface area contributed by atoms with Crippen LogP contribution in [0.3, 0.4) is 0 Å². The molecule has 0 amide bonds. The Kier molecular flexibility index (Phi) is 3.83. The van der Waals surface area contributed by atoms with Crippen LogP contribution in [0.15, 0.2) is 22.7 Å². The van der Waals surface area contributed by atoms with Crippen molar-refractivity contribution in [2.24, 2.45) is 5.84 Å². The Morgan fingerprint density at radius 1 is 1.33 bits per heavy atom. The fourth-order valence-electron chi connectivity index (χ4n) is 3.64. The van der Waals surface area contributed by atoms with Crippen LogP contribution in [0.2, 0.25) is 0 Å².